The molecular weight excluding hydrogens is 240 g/mol. The predicted octanol–water partition coefficient (Wildman–Crippen LogP) is -0.810. The highest BCUT2D eigenvalue weighted by molar-refractivity contribution is 5.79. The predicted molar refractivity (Wildman–Crippen MR) is 63.1 cm³/mol. The molecule has 0 spiro atoms. The van der Waals surface area contributed by atoms with E-state index in [9.17, 15) is 9.59 Å². The smallest absolute Gasteiger partial charge is 0.407 e. The van der Waals surface area contributed by atoms with E-state index in [0.717, 1.165) is 0 Å². The first kappa shape index (κ1) is 14.7. The highest BCUT2D eigenvalue weighted by Crippen LogP contribution is 2.19. The lowest BCUT2D eigenvalue weighted by Crippen LogP contribution is -2.45. The first-order valence-corrected chi connectivity index (χ1v) is 6.08. The molecule has 0 aromatic heterocycles. The minimum Gasteiger partial charge on any atom is -0.465 e. The molecule has 2 amide bonds. The van der Waals surface area contributed by atoms with Gasteiger partial charge in [-0.05, 0) is 12.8 Å². The highest BCUT2D eigenvalue weighted by Gasteiger charge is 2.29. The fraction of sp³-hybridized carbons (Fsp3) is 0.818. The number of rotatable bonds is 5. The van der Waals surface area contributed by atoms with Gasteiger partial charge in [0.1, 0.15) is 0 Å². The van der Waals surface area contributed by atoms with Crippen molar-refractivity contribution in [2.24, 2.45) is 5.92 Å². The fourth-order valence-electron chi connectivity index (χ4n) is 2.15. The maximum absolute atomic E-state index is 12.1. The molecule has 1 saturated heterocycles. The van der Waals surface area contributed by atoms with E-state index in [4.69, 9.17) is 15.3 Å². The van der Waals surface area contributed by atoms with Crippen LogP contribution in [0.2, 0.25) is 0 Å². The second-order valence-electron chi connectivity index (χ2n) is 4.32. The molecule has 0 bridgehead atoms. The normalized spacial score (nSPS) is 16.7. The summed E-state index contributed by atoms with van der Waals surface area (Å²) in [5, 5.41) is 26.5. The molecule has 0 aromatic carbocycles. The van der Waals surface area contributed by atoms with E-state index in [-0.39, 0.29) is 38.1 Å². The molecule has 104 valence electrons. The van der Waals surface area contributed by atoms with Gasteiger partial charge in [0.05, 0.1) is 13.2 Å². The van der Waals surface area contributed by atoms with Crippen LogP contribution in [-0.2, 0) is 4.79 Å². The fourth-order valence-corrected chi connectivity index (χ4v) is 2.15. The lowest BCUT2D eigenvalue weighted by molar-refractivity contribution is -0.138. The molecule has 0 atom stereocenters. The van der Waals surface area contributed by atoms with Gasteiger partial charge in [0.2, 0.25) is 5.91 Å². The van der Waals surface area contributed by atoms with E-state index in [1.165, 1.54) is 9.80 Å². The number of nitrogens with zero attached hydrogens (tertiary/aromatic N) is 2. The molecule has 3 N–H and O–H groups in total. The number of amides is 2. The Bertz CT molecular complexity index is 283. The number of likely N-dealkylation sites (tertiary alicyclic amines) is 1. The molecule has 1 heterocycles. The molecule has 1 fully saturated rings. The zero-order valence-corrected chi connectivity index (χ0v) is 10.3. The number of piperidine rings is 1. The number of hydrogen-bond acceptors (Lipinski definition) is 4. The number of hydrogen-bond donors (Lipinski definition) is 3. The third kappa shape index (κ3) is 3.85. The summed E-state index contributed by atoms with van der Waals surface area (Å²) >= 11 is 0. The Kier molecular flexibility index (Phi) is 5.87. The van der Waals surface area contributed by atoms with Crippen LogP contribution in [0.25, 0.3) is 0 Å². The molecule has 0 radical (unpaired) electrons. The van der Waals surface area contributed by atoms with E-state index in [1.807, 2.05) is 0 Å². The monoisotopic (exact) mass is 260 g/mol. The van der Waals surface area contributed by atoms with Crippen LogP contribution in [0.15, 0.2) is 0 Å². The van der Waals surface area contributed by atoms with Crippen molar-refractivity contribution in [3.8, 4) is 0 Å². The van der Waals surface area contributed by atoms with Gasteiger partial charge in [0.25, 0.3) is 0 Å². The van der Waals surface area contributed by atoms with Gasteiger partial charge in [-0.15, -0.1) is 0 Å². The topological polar surface area (TPSA) is 101 Å². The van der Waals surface area contributed by atoms with Crippen molar-refractivity contribution in [1.29, 1.82) is 0 Å². The van der Waals surface area contributed by atoms with E-state index in [1.54, 1.807) is 0 Å². The maximum atomic E-state index is 12.1. The van der Waals surface area contributed by atoms with E-state index in [2.05, 4.69) is 0 Å². The van der Waals surface area contributed by atoms with Gasteiger partial charge in [-0.2, -0.15) is 0 Å². The van der Waals surface area contributed by atoms with Gasteiger partial charge in [0, 0.05) is 32.1 Å². The average molecular weight is 260 g/mol. The number of aliphatic hydroxyl groups excluding tert-OH is 2. The van der Waals surface area contributed by atoms with E-state index in [0.29, 0.717) is 25.9 Å². The van der Waals surface area contributed by atoms with Crippen LogP contribution in [-0.4, -0.2) is 76.5 Å². The van der Waals surface area contributed by atoms with Crippen LogP contribution in [0.1, 0.15) is 12.8 Å². The zero-order chi connectivity index (χ0) is 13.5. The molecule has 1 aliphatic heterocycles. The SMILES string of the molecule is O=C(O)N1CCC(C(=O)N(CCO)CCO)CC1. The number of carboxylic acid groups (broad SMARTS) is 1. The minimum absolute atomic E-state index is 0.108. The Morgan fingerprint density at radius 1 is 1.11 bits per heavy atom. The molecule has 1 aliphatic rings. The summed E-state index contributed by atoms with van der Waals surface area (Å²) < 4.78 is 0. The summed E-state index contributed by atoms with van der Waals surface area (Å²) in [4.78, 5) is 25.6. The van der Waals surface area contributed by atoms with Crippen LogP contribution in [0, 0.1) is 5.92 Å². The second-order valence-corrected chi connectivity index (χ2v) is 4.32. The van der Waals surface area contributed by atoms with Gasteiger partial charge < -0.3 is 25.1 Å². The molecule has 1 rings (SSSR count). The average Bonchev–Trinajstić information content (AvgIpc) is 2.38. The van der Waals surface area contributed by atoms with Crippen LogP contribution >= 0.6 is 0 Å². The lowest BCUT2D eigenvalue weighted by atomic mass is 9.95. The van der Waals surface area contributed by atoms with Gasteiger partial charge in [-0.25, -0.2) is 4.79 Å². The van der Waals surface area contributed by atoms with Crippen molar-refractivity contribution in [3.05, 3.63) is 0 Å². The maximum Gasteiger partial charge on any atom is 0.407 e. The summed E-state index contributed by atoms with van der Waals surface area (Å²) in [6, 6.07) is 0. The molecule has 0 aromatic rings. The Labute approximate surface area is 106 Å². The summed E-state index contributed by atoms with van der Waals surface area (Å²) in [7, 11) is 0. The Morgan fingerprint density at radius 3 is 2.00 bits per heavy atom. The molecular formula is C11H20N2O5. The van der Waals surface area contributed by atoms with Crippen LogP contribution in [0.4, 0.5) is 4.79 Å². The lowest BCUT2D eigenvalue weighted by Gasteiger charge is -2.32. The first-order chi connectivity index (χ1) is 8.60. The van der Waals surface area contributed by atoms with Crippen molar-refractivity contribution in [3.63, 3.8) is 0 Å². The quantitative estimate of drug-likeness (QED) is 0.600. The Morgan fingerprint density at radius 2 is 1.61 bits per heavy atom. The van der Waals surface area contributed by atoms with Crippen LogP contribution < -0.4 is 0 Å². The van der Waals surface area contributed by atoms with Crippen molar-refractivity contribution < 1.29 is 24.9 Å². The summed E-state index contributed by atoms with van der Waals surface area (Å²) in [6.45, 7) is 0.853. The van der Waals surface area contributed by atoms with E-state index < -0.39 is 6.09 Å². The molecule has 0 aliphatic carbocycles. The van der Waals surface area contributed by atoms with E-state index >= 15 is 0 Å². The number of carbonyl (C=O) groups is 2. The molecule has 7 heteroatoms. The van der Waals surface area contributed by atoms with Gasteiger partial charge in [-0.3, -0.25) is 4.79 Å². The Hall–Kier alpha value is -1.34. The largest absolute Gasteiger partial charge is 0.465 e. The first-order valence-electron chi connectivity index (χ1n) is 6.08. The van der Waals surface area contributed by atoms with Crippen LogP contribution in [0.3, 0.4) is 0 Å². The van der Waals surface area contributed by atoms with Crippen LogP contribution in [0.5, 0.6) is 0 Å². The Balaban J connectivity index is 2.49. The van der Waals surface area contributed by atoms with Gasteiger partial charge >= 0.3 is 6.09 Å². The third-order valence-electron chi connectivity index (χ3n) is 3.17. The number of aliphatic hydroxyl groups is 2. The zero-order valence-electron chi connectivity index (χ0n) is 10.3. The van der Waals surface area contributed by atoms with Gasteiger partial charge in [-0.1, -0.05) is 0 Å². The van der Waals surface area contributed by atoms with Gasteiger partial charge in [0.15, 0.2) is 0 Å². The third-order valence-corrected chi connectivity index (χ3v) is 3.17. The highest BCUT2D eigenvalue weighted by atomic mass is 16.4. The van der Waals surface area contributed by atoms with Crippen molar-refractivity contribution >= 4 is 12.0 Å². The van der Waals surface area contributed by atoms with Crippen molar-refractivity contribution in [2.75, 3.05) is 39.4 Å². The number of carbonyl (C=O) groups excluding carboxylic acids is 1. The summed E-state index contributed by atoms with van der Waals surface area (Å²) in [5.74, 6) is -0.318. The molecule has 18 heavy (non-hydrogen) atoms. The molecule has 7 nitrogen and oxygen atoms in total. The van der Waals surface area contributed by atoms with Crippen molar-refractivity contribution in [2.45, 2.75) is 12.8 Å². The standard InChI is InChI=1S/C11H20N2O5/c14-7-5-12(6-8-15)10(16)9-1-3-13(4-2-9)11(17)18/h9,14-15H,1-8H2,(H,17,18). The minimum atomic E-state index is -0.955. The second kappa shape index (κ2) is 7.17. The molecule has 0 saturated carbocycles. The van der Waals surface area contributed by atoms with Crippen molar-refractivity contribution in [1.82, 2.24) is 9.80 Å². The molecule has 0 unspecified atom stereocenters. The summed E-state index contributed by atoms with van der Waals surface area (Å²) in [5.41, 5.74) is 0. The summed E-state index contributed by atoms with van der Waals surface area (Å²) in [6.07, 6.45) is 0.0419.